The van der Waals surface area contributed by atoms with E-state index < -0.39 is 11.6 Å². The van der Waals surface area contributed by atoms with E-state index in [0.717, 1.165) is 31.1 Å². The van der Waals surface area contributed by atoms with Crippen LogP contribution >= 0.6 is 0 Å². The van der Waals surface area contributed by atoms with Crippen LogP contribution < -0.4 is 10.1 Å². The summed E-state index contributed by atoms with van der Waals surface area (Å²) >= 11 is 0. The Morgan fingerprint density at radius 3 is 2.88 bits per heavy atom. The van der Waals surface area contributed by atoms with Crippen LogP contribution in [-0.2, 0) is 0 Å². The Morgan fingerprint density at radius 2 is 2.19 bits per heavy atom. The Morgan fingerprint density at radius 1 is 1.31 bits per heavy atom. The molecule has 0 unspecified atom stereocenters. The molecule has 2 nitrogen and oxygen atoms in total. The average molecular weight is 225 g/mol. The Bertz CT molecular complexity index is 404. The normalized spacial score (nSPS) is 15.8. The van der Waals surface area contributed by atoms with Crippen LogP contribution in [0.5, 0.6) is 5.75 Å². The lowest BCUT2D eigenvalue weighted by Gasteiger charge is -2.14. The summed E-state index contributed by atoms with van der Waals surface area (Å²) in [6, 6.07) is 3.33. The lowest BCUT2D eigenvalue weighted by atomic mass is 10.1. The van der Waals surface area contributed by atoms with Gasteiger partial charge in [0.25, 0.3) is 0 Å². The molecular weight excluding hydrogens is 212 g/mol. The molecular formula is C12H13F2NO. The second-order valence-corrected chi connectivity index (χ2v) is 3.68. The van der Waals surface area contributed by atoms with Gasteiger partial charge in [0.15, 0.2) is 11.6 Å². The van der Waals surface area contributed by atoms with E-state index in [9.17, 15) is 8.78 Å². The first-order valence-corrected chi connectivity index (χ1v) is 5.22. The number of halogens is 2. The molecule has 0 aromatic heterocycles. The summed E-state index contributed by atoms with van der Waals surface area (Å²) in [6.45, 7) is 2.11. The van der Waals surface area contributed by atoms with Gasteiger partial charge in [-0.1, -0.05) is 6.08 Å². The lowest BCUT2D eigenvalue weighted by Crippen LogP contribution is -2.22. The highest BCUT2D eigenvalue weighted by Crippen LogP contribution is 2.18. The van der Waals surface area contributed by atoms with Gasteiger partial charge in [0.1, 0.15) is 12.4 Å². The molecule has 0 aliphatic carbocycles. The van der Waals surface area contributed by atoms with Crippen molar-refractivity contribution < 1.29 is 13.5 Å². The molecule has 1 N–H and O–H groups in total. The average Bonchev–Trinajstić information content (AvgIpc) is 2.29. The molecule has 0 radical (unpaired) electrons. The van der Waals surface area contributed by atoms with E-state index in [4.69, 9.17) is 4.74 Å². The fourth-order valence-electron chi connectivity index (χ4n) is 1.56. The first-order chi connectivity index (χ1) is 7.75. The van der Waals surface area contributed by atoms with Crippen LogP contribution in [0.3, 0.4) is 0 Å². The van der Waals surface area contributed by atoms with E-state index in [0.29, 0.717) is 6.61 Å². The summed E-state index contributed by atoms with van der Waals surface area (Å²) in [7, 11) is 0. The number of nitrogens with one attached hydrogen (secondary N) is 1. The summed E-state index contributed by atoms with van der Waals surface area (Å²) in [5, 5.41) is 3.18. The van der Waals surface area contributed by atoms with Crippen molar-refractivity contribution in [1.29, 1.82) is 0 Å². The third kappa shape index (κ3) is 2.79. The molecule has 0 saturated carbocycles. The van der Waals surface area contributed by atoms with E-state index in [2.05, 4.69) is 5.32 Å². The van der Waals surface area contributed by atoms with Crippen molar-refractivity contribution in [2.24, 2.45) is 0 Å². The van der Waals surface area contributed by atoms with E-state index >= 15 is 0 Å². The van der Waals surface area contributed by atoms with Gasteiger partial charge in [-0.05, 0) is 30.7 Å². The number of ether oxygens (including phenoxy) is 1. The summed E-state index contributed by atoms with van der Waals surface area (Å²) in [5.74, 6) is -1.15. The zero-order valence-corrected chi connectivity index (χ0v) is 8.80. The van der Waals surface area contributed by atoms with Gasteiger partial charge >= 0.3 is 0 Å². The van der Waals surface area contributed by atoms with Crippen molar-refractivity contribution >= 4 is 0 Å². The second-order valence-electron chi connectivity index (χ2n) is 3.68. The molecule has 86 valence electrons. The van der Waals surface area contributed by atoms with Crippen LogP contribution in [0, 0.1) is 11.6 Å². The minimum absolute atomic E-state index is 0.0980. The van der Waals surface area contributed by atoms with E-state index in [1.54, 1.807) is 0 Å². The lowest BCUT2D eigenvalue weighted by molar-refractivity contribution is 0.324. The smallest absolute Gasteiger partial charge is 0.167 e. The van der Waals surface area contributed by atoms with Crippen molar-refractivity contribution in [3.8, 4) is 5.75 Å². The van der Waals surface area contributed by atoms with Gasteiger partial charge in [0, 0.05) is 12.6 Å². The van der Waals surface area contributed by atoms with Crippen molar-refractivity contribution in [2.75, 3.05) is 19.7 Å². The molecule has 4 heteroatoms. The number of hydrogen-bond donors (Lipinski definition) is 1. The molecule has 1 heterocycles. The highest BCUT2D eigenvalue weighted by atomic mass is 19.1. The molecule has 0 bridgehead atoms. The molecule has 1 aromatic carbocycles. The van der Waals surface area contributed by atoms with Crippen LogP contribution in [0.25, 0.3) is 0 Å². The fraction of sp³-hybridized carbons (Fsp3) is 0.333. The Balaban J connectivity index is 1.96. The van der Waals surface area contributed by atoms with E-state index in [1.165, 1.54) is 12.1 Å². The van der Waals surface area contributed by atoms with Gasteiger partial charge in [-0.25, -0.2) is 8.78 Å². The zero-order valence-electron chi connectivity index (χ0n) is 8.80. The molecule has 0 atom stereocenters. The third-order valence-corrected chi connectivity index (χ3v) is 2.46. The molecule has 0 amide bonds. The zero-order chi connectivity index (χ0) is 11.4. The SMILES string of the molecule is Fc1ccc(OCC2=CCNCC2)c(F)c1. The predicted octanol–water partition coefficient (Wildman–Crippen LogP) is 2.26. The first-order valence-electron chi connectivity index (χ1n) is 5.22. The van der Waals surface area contributed by atoms with Crippen LogP contribution in [0.15, 0.2) is 29.8 Å². The molecule has 1 aliphatic rings. The molecule has 0 spiro atoms. The quantitative estimate of drug-likeness (QED) is 0.797. The summed E-state index contributed by atoms with van der Waals surface area (Å²) < 4.78 is 31.1. The van der Waals surface area contributed by atoms with Crippen molar-refractivity contribution in [2.45, 2.75) is 6.42 Å². The minimum Gasteiger partial charge on any atom is -0.486 e. The number of rotatable bonds is 3. The van der Waals surface area contributed by atoms with Gasteiger partial charge in [0.2, 0.25) is 0 Å². The maximum Gasteiger partial charge on any atom is 0.167 e. The van der Waals surface area contributed by atoms with Gasteiger partial charge in [-0.2, -0.15) is 0 Å². The number of hydrogen-bond acceptors (Lipinski definition) is 2. The summed E-state index contributed by atoms with van der Waals surface area (Å²) in [6.07, 6.45) is 2.94. The van der Waals surface area contributed by atoms with Gasteiger partial charge in [-0.3, -0.25) is 0 Å². The van der Waals surface area contributed by atoms with Gasteiger partial charge in [-0.15, -0.1) is 0 Å². The predicted molar refractivity (Wildman–Crippen MR) is 57.4 cm³/mol. The van der Waals surface area contributed by atoms with Gasteiger partial charge in [0.05, 0.1) is 0 Å². The maximum absolute atomic E-state index is 13.2. The van der Waals surface area contributed by atoms with Crippen LogP contribution in [-0.4, -0.2) is 19.7 Å². The second kappa shape index (κ2) is 5.07. The molecule has 2 rings (SSSR count). The molecule has 16 heavy (non-hydrogen) atoms. The van der Waals surface area contributed by atoms with Crippen LogP contribution in [0.2, 0.25) is 0 Å². The topological polar surface area (TPSA) is 21.3 Å². The van der Waals surface area contributed by atoms with Crippen LogP contribution in [0.4, 0.5) is 8.78 Å². The molecule has 0 fully saturated rings. The fourth-order valence-corrected chi connectivity index (χ4v) is 1.56. The van der Waals surface area contributed by atoms with Crippen molar-refractivity contribution in [3.63, 3.8) is 0 Å². The standard InChI is InChI=1S/C12H13F2NO/c13-10-1-2-12(11(14)7-10)16-8-9-3-5-15-6-4-9/h1-3,7,15H,4-6,8H2. The van der Waals surface area contributed by atoms with Gasteiger partial charge < -0.3 is 10.1 Å². The highest BCUT2D eigenvalue weighted by molar-refractivity contribution is 5.25. The Hall–Kier alpha value is -1.42. The van der Waals surface area contributed by atoms with Crippen LogP contribution in [0.1, 0.15) is 6.42 Å². The molecule has 0 saturated heterocycles. The largest absolute Gasteiger partial charge is 0.486 e. The van der Waals surface area contributed by atoms with E-state index in [1.807, 2.05) is 6.08 Å². The number of benzene rings is 1. The van der Waals surface area contributed by atoms with Crippen molar-refractivity contribution in [3.05, 3.63) is 41.5 Å². The molecule has 1 aromatic rings. The monoisotopic (exact) mass is 225 g/mol. The summed E-state index contributed by atoms with van der Waals surface area (Å²) in [4.78, 5) is 0. The van der Waals surface area contributed by atoms with Crippen molar-refractivity contribution in [1.82, 2.24) is 5.32 Å². The Kier molecular flexibility index (Phi) is 3.51. The first kappa shape index (κ1) is 11.1. The molecule has 1 aliphatic heterocycles. The minimum atomic E-state index is -0.658. The summed E-state index contributed by atoms with van der Waals surface area (Å²) in [5.41, 5.74) is 1.14. The highest BCUT2D eigenvalue weighted by Gasteiger charge is 2.07. The van der Waals surface area contributed by atoms with E-state index in [-0.39, 0.29) is 5.75 Å². The maximum atomic E-state index is 13.2. The third-order valence-electron chi connectivity index (χ3n) is 2.46. The Labute approximate surface area is 92.9 Å².